The SMILES string of the molecule is CCCCNCc1cccn1-c1nnc(N2CCN(CCC)CC2)s1. The molecule has 1 aliphatic rings. The first kappa shape index (κ1) is 18.4. The monoisotopic (exact) mass is 362 g/mol. The van der Waals surface area contributed by atoms with E-state index in [2.05, 4.69) is 62.1 Å². The van der Waals surface area contributed by atoms with Crippen LogP contribution in [0.25, 0.3) is 5.13 Å². The summed E-state index contributed by atoms with van der Waals surface area (Å²) in [5.74, 6) is 0. The first-order valence-electron chi connectivity index (χ1n) is 9.50. The van der Waals surface area contributed by atoms with E-state index in [4.69, 9.17) is 0 Å². The second-order valence-corrected chi connectivity index (χ2v) is 7.53. The molecule has 3 rings (SSSR count). The molecule has 6 nitrogen and oxygen atoms in total. The lowest BCUT2D eigenvalue weighted by atomic mass is 10.3. The van der Waals surface area contributed by atoms with Gasteiger partial charge in [-0.05, 0) is 38.1 Å². The fourth-order valence-electron chi connectivity index (χ4n) is 3.18. The van der Waals surface area contributed by atoms with Gasteiger partial charge < -0.3 is 10.2 Å². The zero-order chi connectivity index (χ0) is 17.5. The summed E-state index contributed by atoms with van der Waals surface area (Å²) in [6, 6.07) is 4.24. The Balaban J connectivity index is 1.60. The normalized spacial score (nSPS) is 15.8. The zero-order valence-electron chi connectivity index (χ0n) is 15.4. The standard InChI is InChI=1S/C18H30N6S/c1-3-5-8-19-15-16-7-6-10-24(16)18-21-20-17(25-18)23-13-11-22(9-4-2)12-14-23/h6-7,10,19H,3-5,8-9,11-15H2,1-2H3. The largest absolute Gasteiger partial charge is 0.344 e. The average molecular weight is 363 g/mol. The molecule has 0 amide bonds. The quantitative estimate of drug-likeness (QED) is 0.695. The summed E-state index contributed by atoms with van der Waals surface area (Å²) in [6.07, 6.45) is 5.75. The molecule has 1 fully saturated rings. The summed E-state index contributed by atoms with van der Waals surface area (Å²) >= 11 is 1.69. The number of rotatable bonds is 9. The molecule has 7 heteroatoms. The van der Waals surface area contributed by atoms with Crippen LogP contribution in [0.2, 0.25) is 0 Å². The van der Waals surface area contributed by atoms with E-state index in [-0.39, 0.29) is 0 Å². The third-order valence-corrected chi connectivity index (χ3v) is 5.62. The molecular weight excluding hydrogens is 332 g/mol. The molecule has 0 aliphatic carbocycles. The maximum Gasteiger partial charge on any atom is 0.218 e. The van der Waals surface area contributed by atoms with Crippen molar-refractivity contribution in [2.24, 2.45) is 0 Å². The van der Waals surface area contributed by atoms with Crippen molar-refractivity contribution in [3.8, 4) is 5.13 Å². The molecule has 138 valence electrons. The van der Waals surface area contributed by atoms with Gasteiger partial charge in [-0.25, -0.2) is 0 Å². The maximum absolute atomic E-state index is 4.45. The van der Waals surface area contributed by atoms with Crippen molar-refractivity contribution in [2.45, 2.75) is 39.7 Å². The molecule has 0 aromatic carbocycles. The number of aromatic nitrogens is 3. The van der Waals surface area contributed by atoms with Crippen molar-refractivity contribution in [3.05, 3.63) is 24.0 Å². The highest BCUT2D eigenvalue weighted by Crippen LogP contribution is 2.25. The van der Waals surface area contributed by atoms with Crippen molar-refractivity contribution < 1.29 is 0 Å². The Bertz CT molecular complexity index is 629. The Morgan fingerprint density at radius 1 is 1.08 bits per heavy atom. The molecule has 0 saturated carbocycles. The predicted octanol–water partition coefficient (Wildman–Crippen LogP) is 2.75. The highest BCUT2D eigenvalue weighted by atomic mass is 32.1. The van der Waals surface area contributed by atoms with Gasteiger partial charge in [0.15, 0.2) is 0 Å². The van der Waals surface area contributed by atoms with Gasteiger partial charge in [-0.3, -0.25) is 9.47 Å². The highest BCUT2D eigenvalue weighted by molar-refractivity contribution is 7.17. The number of hydrogen-bond acceptors (Lipinski definition) is 6. The van der Waals surface area contributed by atoms with E-state index in [0.717, 1.165) is 49.5 Å². The van der Waals surface area contributed by atoms with Crippen molar-refractivity contribution >= 4 is 16.5 Å². The van der Waals surface area contributed by atoms with Crippen LogP contribution < -0.4 is 10.2 Å². The molecule has 25 heavy (non-hydrogen) atoms. The lowest BCUT2D eigenvalue weighted by Gasteiger charge is -2.33. The second kappa shape index (κ2) is 9.31. The van der Waals surface area contributed by atoms with Crippen LogP contribution in [0.4, 0.5) is 5.13 Å². The van der Waals surface area contributed by atoms with E-state index < -0.39 is 0 Å². The van der Waals surface area contributed by atoms with E-state index in [1.165, 1.54) is 31.5 Å². The Hall–Kier alpha value is -1.44. The smallest absolute Gasteiger partial charge is 0.218 e. The minimum absolute atomic E-state index is 0.873. The molecule has 0 radical (unpaired) electrons. The summed E-state index contributed by atoms with van der Waals surface area (Å²) in [4.78, 5) is 4.90. The maximum atomic E-state index is 4.45. The van der Waals surface area contributed by atoms with Crippen molar-refractivity contribution in [1.29, 1.82) is 0 Å². The summed E-state index contributed by atoms with van der Waals surface area (Å²) in [7, 11) is 0. The van der Waals surface area contributed by atoms with Crippen LogP contribution in [0.3, 0.4) is 0 Å². The molecule has 0 spiro atoms. The van der Waals surface area contributed by atoms with Crippen LogP contribution in [-0.4, -0.2) is 58.9 Å². The van der Waals surface area contributed by atoms with E-state index in [1.54, 1.807) is 11.3 Å². The van der Waals surface area contributed by atoms with Crippen LogP contribution in [0.15, 0.2) is 18.3 Å². The minimum Gasteiger partial charge on any atom is -0.344 e. The second-order valence-electron chi connectivity index (χ2n) is 6.60. The topological polar surface area (TPSA) is 49.2 Å². The van der Waals surface area contributed by atoms with Crippen LogP contribution in [-0.2, 0) is 6.54 Å². The van der Waals surface area contributed by atoms with E-state index in [0.29, 0.717) is 0 Å². The van der Waals surface area contributed by atoms with E-state index in [1.807, 2.05) is 0 Å². The summed E-state index contributed by atoms with van der Waals surface area (Å²) in [5.41, 5.74) is 1.24. The molecule has 1 aliphatic heterocycles. The van der Waals surface area contributed by atoms with Gasteiger partial charge >= 0.3 is 0 Å². The van der Waals surface area contributed by atoms with Crippen LogP contribution in [0.1, 0.15) is 38.8 Å². The number of hydrogen-bond donors (Lipinski definition) is 1. The van der Waals surface area contributed by atoms with Gasteiger partial charge in [-0.2, -0.15) is 0 Å². The molecule has 0 bridgehead atoms. The van der Waals surface area contributed by atoms with Gasteiger partial charge in [-0.1, -0.05) is 31.6 Å². The Labute approximate surface area is 154 Å². The van der Waals surface area contributed by atoms with E-state index in [9.17, 15) is 0 Å². The van der Waals surface area contributed by atoms with Gasteiger partial charge in [-0.15, -0.1) is 10.2 Å². The third kappa shape index (κ3) is 4.80. The van der Waals surface area contributed by atoms with Gasteiger partial charge in [0, 0.05) is 44.6 Å². The summed E-state index contributed by atoms with van der Waals surface area (Å²) in [6.45, 7) is 11.9. The molecule has 0 atom stereocenters. The van der Waals surface area contributed by atoms with Crippen LogP contribution in [0, 0.1) is 0 Å². The van der Waals surface area contributed by atoms with Gasteiger partial charge in [0.05, 0.1) is 0 Å². The van der Waals surface area contributed by atoms with Gasteiger partial charge in [0.1, 0.15) is 0 Å². The summed E-state index contributed by atoms with van der Waals surface area (Å²) < 4.78 is 2.16. The number of anilines is 1. The third-order valence-electron chi connectivity index (χ3n) is 4.64. The molecule has 3 heterocycles. The lowest BCUT2D eigenvalue weighted by molar-refractivity contribution is 0.258. The van der Waals surface area contributed by atoms with Crippen LogP contribution in [0.5, 0.6) is 0 Å². The number of piperazine rings is 1. The van der Waals surface area contributed by atoms with Gasteiger partial charge in [0.2, 0.25) is 10.3 Å². The minimum atomic E-state index is 0.873. The fraction of sp³-hybridized carbons (Fsp3) is 0.667. The molecule has 2 aromatic rings. The lowest BCUT2D eigenvalue weighted by Crippen LogP contribution is -2.46. The first-order chi connectivity index (χ1) is 12.3. The molecule has 2 aromatic heterocycles. The highest BCUT2D eigenvalue weighted by Gasteiger charge is 2.20. The fourth-order valence-corrected chi connectivity index (χ4v) is 4.09. The molecule has 1 saturated heterocycles. The Morgan fingerprint density at radius 2 is 1.88 bits per heavy atom. The summed E-state index contributed by atoms with van der Waals surface area (Å²) in [5, 5.41) is 14.4. The van der Waals surface area contributed by atoms with Crippen molar-refractivity contribution in [3.63, 3.8) is 0 Å². The van der Waals surface area contributed by atoms with Crippen molar-refractivity contribution in [2.75, 3.05) is 44.2 Å². The van der Waals surface area contributed by atoms with Crippen LogP contribution >= 0.6 is 11.3 Å². The van der Waals surface area contributed by atoms with E-state index >= 15 is 0 Å². The predicted molar refractivity (Wildman–Crippen MR) is 105 cm³/mol. The number of unbranched alkanes of at least 4 members (excludes halogenated alkanes) is 1. The molecule has 1 N–H and O–H groups in total. The Kier molecular flexibility index (Phi) is 6.84. The number of nitrogens with one attached hydrogen (secondary N) is 1. The van der Waals surface area contributed by atoms with Crippen molar-refractivity contribution in [1.82, 2.24) is 25.0 Å². The molecule has 0 unspecified atom stereocenters. The Morgan fingerprint density at radius 3 is 2.64 bits per heavy atom. The molecular formula is C18H30N6S. The first-order valence-corrected chi connectivity index (χ1v) is 10.3. The van der Waals surface area contributed by atoms with Gasteiger partial charge in [0.25, 0.3) is 0 Å². The zero-order valence-corrected chi connectivity index (χ0v) is 16.3. The number of nitrogens with zero attached hydrogens (tertiary/aromatic N) is 5. The average Bonchev–Trinajstić information content (AvgIpc) is 3.29.